The lowest BCUT2D eigenvalue weighted by Crippen LogP contribution is -2.48. The highest BCUT2D eigenvalue weighted by Crippen LogP contribution is 2.28. The lowest BCUT2D eigenvalue weighted by molar-refractivity contribution is -0.0619. The number of sulfonamides is 1. The highest BCUT2D eigenvalue weighted by atomic mass is 32.2. The second-order valence-electron chi connectivity index (χ2n) is 9.29. The van der Waals surface area contributed by atoms with Crippen molar-refractivity contribution in [1.82, 2.24) is 24.5 Å². The van der Waals surface area contributed by atoms with E-state index in [1.165, 1.54) is 29.9 Å². The summed E-state index contributed by atoms with van der Waals surface area (Å²) in [6, 6.07) is 7.87. The number of aromatic nitrogens is 2. The lowest BCUT2D eigenvalue weighted by Gasteiger charge is -2.31. The summed E-state index contributed by atoms with van der Waals surface area (Å²) in [4.78, 5) is 23.4. The number of hydrogen-bond donors (Lipinski definition) is 2. The molecule has 0 saturated heterocycles. The topological polar surface area (TPSA) is 123 Å². The van der Waals surface area contributed by atoms with E-state index in [-0.39, 0.29) is 28.6 Å². The summed E-state index contributed by atoms with van der Waals surface area (Å²) < 4.78 is 54.3. The van der Waals surface area contributed by atoms with Crippen molar-refractivity contribution in [2.45, 2.75) is 42.7 Å². The number of amides is 1. The van der Waals surface area contributed by atoms with Gasteiger partial charge in [0, 0.05) is 17.0 Å². The van der Waals surface area contributed by atoms with E-state index in [2.05, 4.69) is 19.4 Å². The molecule has 1 fully saturated rings. The third kappa shape index (κ3) is 6.31. The Morgan fingerprint density at radius 1 is 1.18 bits per heavy atom. The number of ether oxygens (including phenoxy) is 1. The number of carbonyl (C=O) groups is 1. The summed E-state index contributed by atoms with van der Waals surface area (Å²) in [5.41, 5.74) is -0.0114. The van der Waals surface area contributed by atoms with Crippen LogP contribution in [-0.4, -0.2) is 60.7 Å². The number of pyridine rings is 1. The summed E-state index contributed by atoms with van der Waals surface area (Å²) in [6.07, 6.45) is 8.44. The van der Waals surface area contributed by atoms with Crippen molar-refractivity contribution in [3.05, 3.63) is 63.9 Å². The first-order valence-electron chi connectivity index (χ1n) is 12.5. The Balaban J connectivity index is 1.23. The smallest absolute Gasteiger partial charge is 0.259 e. The zero-order valence-corrected chi connectivity index (χ0v) is 24.2. The van der Waals surface area contributed by atoms with Crippen LogP contribution in [0.3, 0.4) is 0 Å². The molecule has 212 valence electrons. The van der Waals surface area contributed by atoms with Crippen LogP contribution in [0.5, 0.6) is 11.6 Å². The fourth-order valence-electron chi connectivity index (χ4n) is 4.72. The molecule has 1 saturated carbocycles. The Kier molecular flexibility index (Phi) is 8.71. The van der Waals surface area contributed by atoms with E-state index in [1.807, 2.05) is 30.5 Å². The molecule has 1 aliphatic carbocycles. The monoisotopic (exact) mass is 605 g/mol. The number of benzene rings is 1. The van der Waals surface area contributed by atoms with Crippen LogP contribution in [-0.2, 0) is 14.9 Å². The number of halogens is 1. The minimum absolute atomic E-state index is 0.00494. The minimum atomic E-state index is -3.90. The Morgan fingerprint density at radius 2 is 1.95 bits per heavy atom. The van der Waals surface area contributed by atoms with Crippen molar-refractivity contribution in [3.63, 3.8) is 0 Å². The van der Waals surface area contributed by atoms with Gasteiger partial charge in [-0.25, -0.2) is 27.6 Å². The summed E-state index contributed by atoms with van der Waals surface area (Å²) in [6.45, 7) is 0.296. The second kappa shape index (κ2) is 12.2. The van der Waals surface area contributed by atoms with Gasteiger partial charge in [-0.05, 0) is 73.8 Å². The summed E-state index contributed by atoms with van der Waals surface area (Å²) in [5.74, 6) is -0.668. The van der Waals surface area contributed by atoms with Crippen molar-refractivity contribution in [2.24, 2.45) is 0 Å². The predicted octanol–water partition coefficient (Wildman–Crippen LogP) is 2.58. The van der Waals surface area contributed by atoms with Crippen LogP contribution in [0.4, 0.5) is 4.39 Å². The van der Waals surface area contributed by atoms with Gasteiger partial charge in [0.05, 0.1) is 35.8 Å². The van der Waals surface area contributed by atoms with Crippen molar-refractivity contribution in [1.29, 1.82) is 0 Å². The maximum absolute atomic E-state index is 14.0. The third-order valence-electron chi connectivity index (χ3n) is 6.68. The molecule has 2 aliphatic rings. The Hall–Kier alpha value is -3.04. The number of fused-ring (bicyclic) bond motifs is 1. The summed E-state index contributed by atoms with van der Waals surface area (Å²) >= 11 is 2.78. The molecule has 0 unspecified atom stereocenters. The van der Waals surface area contributed by atoms with E-state index in [1.54, 1.807) is 17.8 Å². The fraction of sp³-hybridized carbons (Fsp3) is 0.346. The molecule has 1 aromatic carbocycles. The molecule has 1 aliphatic heterocycles. The van der Waals surface area contributed by atoms with Crippen LogP contribution in [0.2, 0.25) is 0 Å². The molecular weight excluding hydrogens is 578 g/mol. The van der Waals surface area contributed by atoms with Gasteiger partial charge >= 0.3 is 0 Å². The standard InChI is InChI=1S/C26H28FN5O5S3/c1-36-32-11-10-23-22(15-29-39-23)26(32)40(34,35)31-18-8-6-17(7-9-18)30-24(33)21-12-16(27)14-28-25(21)37-19-4-3-5-20(13-19)38-2/h3-5,10,12-15,17-18,31H,6-9,11H2,1-2H3,(H,30,33). The largest absolute Gasteiger partial charge is 0.438 e. The predicted molar refractivity (Wildman–Crippen MR) is 151 cm³/mol. The number of nitrogens with one attached hydrogen (secondary N) is 2. The van der Waals surface area contributed by atoms with Gasteiger partial charge in [-0.3, -0.25) is 9.63 Å². The van der Waals surface area contributed by atoms with Crippen LogP contribution < -0.4 is 24.5 Å². The SMILES string of the molecule is CON1CC=c2sncc2=C1S(=O)(=O)NC1CCC(NC(=O)c2cc(F)cnc2Oc2cccc(SC)c2)CC1. The van der Waals surface area contributed by atoms with Crippen LogP contribution in [0.15, 0.2) is 47.6 Å². The Morgan fingerprint density at radius 3 is 2.70 bits per heavy atom. The van der Waals surface area contributed by atoms with Gasteiger partial charge < -0.3 is 10.1 Å². The zero-order chi connectivity index (χ0) is 28.3. The van der Waals surface area contributed by atoms with Gasteiger partial charge in [0.15, 0.2) is 5.03 Å². The van der Waals surface area contributed by atoms with Crippen LogP contribution >= 0.6 is 23.3 Å². The molecule has 5 rings (SSSR count). The van der Waals surface area contributed by atoms with E-state index in [9.17, 15) is 17.6 Å². The van der Waals surface area contributed by atoms with Gasteiger partial charge in [-0.1, -0.05) is 6.07 Å². The highest BCUT2D eigenvalue weighted by molar-refractivity contribution is 7.98. The molecule has 40 heavy (non-hydrogen) atoms. The molecule has 1 amide bonds. The van der Waals surface area contributed by atoms with E-state index in [4.69, 9.17) is 9.57 Å². The molecule has 0 bridgehead atoms. The van der Waals surface area contributed by atoms with E-state index < -0.39 is 21.7 Å². The first-order valence-corrected chi connectivity index (χ1v) is 16.0. The van der Waals surface area contributed by atoms with Crippen LogP contribution in [0.1, 0.15) is 36.0 Å². The zero-order valence-electron chi connectivity index (χ0n) is 21.8. The average molecular weight is 606 g/mol. The fourth-order valence-corrected chi connectivity index (χ4v) is 7.55. The second-order valence-corrected chi connectivity index (χ2v) is 12.6. The maximum atomic E-state index is 14.0. The average Bonchev–Trinajstić information content (AvgIpc) is 3.43. The summed E-state index contributed by atoms with van der Waals surface area (Å²) in [5, 5.41) is 4.82. The molecular formula is C26H28FN5O5S3. The highest BCUT2D eigenvalue weighted by Gasteiger charge is 2.32. The molecule has 3 aromatic rings. The first-order chi connectivity index (χ1) is 19.3. The molecule has 14 heteroatoms. The molecule has 0 atom stereocenters. The van der Waals surface area contributed by atoms with E-state index in [0.29, 0.717) is 43.2 Å². The van der Waals surface area contributed by atoms with Crippen molar-refractivity contribution < 1.29 is 27.2 Å². The molecule has 2 aromatic heterocycles. The number of hydroxylamine groups is 2. The number of nitrogens with zero attached hydrogens (tertiary/aromatic N) is 3. The van der Waals surface area contributed by atoms with Gasteiger partial charge in [-0.2, -0.15) is 4.37 Å². The Labute approximate surface area is 239 Å². The Bertz CT molecular complexity index is 1620. The van der Waals surface area contributed by atoms with Crippen LogP contribution in [0.25, 0.3) is 11.1 Å². The molecule has 0 radical (unpaired) electrons. The van der Waals surface area contributed by atoms with Gasteiger partial charge in [-0.15, -0.1) is 11.8 Å². The summed E-state index contributed by atoms with van der Waals surface area (Å²) in [7, 11) is -2.47. The van der Waals surface area contributed by atoms with Gasteiger partial charge in [0.1, 0.15) is 17.1 Å². The van der Waals surface area contributed by atoms with E-state index >= 15 is 0 Å². The molecule has 0 spiro atoms. The quantitative estimate of drug-likeness (QED) is 0.355. The third-order valence-corrected chi connectivity index (χ3v) is 9.77. The number of rotatable bonds is 9. The lowest BCUT2D eigenvalue weighted by atomic mass is 9.91. The van der Waals surface area contributed by atoms with Gasteiger partial charge in [0.25, 0.3) is 15.9 Å². The van der Waals surface area contributed by atoms with Crippen molar-refractivity contribution in [2.75, 3.05) is 19.9 Å². The van der Waals surface area contributed by atoms with Crippen LogP contribution in [0, 0.1) is 5.82 Å². The van der Waals surface area contributed by atoms with E-state index in [0.717, 1.165) is 21.7 Å². The number of hydrogen-bond acceptors (Lipinski definition) is 10. The first kappa shape index (κ1) is 28.5. The van der Waals surface area contributed by atoms with Crippen molar-refractivity contribution in [3.8, 4) is 11.6 Å². The van der Waals surface area contributed by atoms with Gasteiger partial charge in [0.2, 0.25) is 5.88 Å². The number of carbonyl (C=O) groups excluding carboxylic acids is 1. The number of thioether (sulfide) groups is 1. The normalized spacial score (nSPS) is 19.1. The molecule has 2 N–H and O–H groups in total. The maximum Gasteiger partial charge on any atom is 0.259 e. The minimum Gasteiger partial charge on any atom is -0.438 e. The molecule has 3 heterocycles. The molecule has 10 nitrogen and oxygen atoms in total. The van der Waals surface area contributed by atoms with Crippen molar-refractivity contribution >= 4 is 50.3 Å².